The summed E-state index contributed by atoms with van der Waals surface area (Å²) in [7, 11) is 1.68. The van der Waals surface area contributed by atoms with E-state index in [1.165, 1.54) is 0 Å². The number of aliphatic hydroxyl groups is 1. The third kappa shape index (κ3) is 3.41. The van der Waals surface area contributed by atoms with Crippen LogP contribution in [0, 0.1) is 0 Å². The first-order valence-corrected chi connectivity index (χ1v) is 7.04. The summed E-state index contributed by atoms with van der Waals surface area (Å²) < 4.78 is 16.8. The predicted molar refractivity (Wildman–Crippen MR) is 75.5 cm³/mol. The summed E-state index contributed by atoms with van der Waals surface area (Å²) in [4.78, 5) is 0. The third-order valence-corrected chi connectivity index (χ3v) is 4.00. The lowest BCUT2D eigenvalue weighted by atomic mass is 9.96. The van der Waals surface area contributed by atoms with E-state index >= 15 is 0 Å². The third-order valence-electron chi connectivity index (χ3n) is 3.41. The van der Waals surface area contributed by atoms with Crippen LogP contribution in [0.2, 0.25) is 0 Å². The van der Waals surface area contributed by atoms with Crippen LogP contribution < -0.4 is 9.47 Å². The molecule has 1 heterocycles. The maximum absolute atomic E-state index is 10.3. The molecule has 0 fully saturated rings. The van der Waals surface area contributed by atoms with E-state index in [0.717, 1.165) is 16.5 Å². The molecule has 0 aromatic heterocycles. The zero-order valence-corrected chi connectivity index (χ0v) is 13.0. The van der Waals surface area contributed by atoms with Gasteiger partial charge in [0.2, 0.25) is 6.79 Å². The van der Waals surface area contributed by atoms with E-state index < -0.39 is 6.10 Å². The SMILES string of the molecule is COC(C)(C)CCC(O)c1cc(Br)c2c(c1)OCO2. The Morgan fingerprint density at radius 1 is 1.42 bits per heavy atom. The molecule has 1 atom stereocenters. The van der Waals surface area contributed by atoms with Gasteiger partial charge < -0.3 is 19.3 Å². The van der Waals surface area contributed by atoms with E-state index in [1.54, 1.807) is 7.11 Å². The van der Waals surface area contributed by atoms with E-state index in [-0.39, 0.29) is 12.4 Å². The number of fused-ring (bicyclic) bond motifs is 1. The highest BCUT2D eigenvalue weighted by molar-refractivity contribution is 9.10. The molecule has 4 nitrogen and oxygen atoms in total. The van der Waals surface area contributed by atoms with Crippen molar-refractivity contribution >= 4 is 15.9 Å². The highest BCUT2D eigenvalue weighted by Gasteiger charge is 2.23. The molecule has 1 aromatic rings. The molecule has 2 rings (SSSR count). The molecule has 1 unspecified atom stereocenters. The maximum Gasteiger partial charge on any atom is 0.231 e. The molecule has 1 aliphatic rings. The first-order chi connectivity index (χ1) is 8.93. The fraction of sp³-hybridized carbons (Fsp3) is 0.571. The van der Waals surface area contributed by atoms with Crippen LogP contribution in [0.5, 0.6) is 11.5 Å². The monoisotopic (exact) mass is 330 g/mol. The molecule has 1 aromatic carbocycles. The largest absolute Gasteiger partial charge is 0.454 e. The van der Waals surface area contributed by atoms with Gasteiger partial charge in [-0.15, -0.1) is 0 Å². The van der Waals surface area contributed by atoms with E-state index in [2.05, 4.69) is 15.9 Å². The van der Waals surface area contributed by atoms with Gasteiger partial charge in [0, 0.05) is 7.11 Å². The maximum atomic E-state index is 10.3. The molecule has 1 N–H and O–H groups in total. The highest BCUT2D eigenvalue weighted by Crippen LogP contribution is 2.41. The van der Waals surface area contributed by atoms with Crippen LogP contribution in [0.4, 0.5) is 0 Å². The van der Waals surface area contributed by atoms with Crippen molar-refractivity contribution in [3.05, 3.63) is 22.2 Å². The smallest absolute Gasteiger partial charge is 0.231 e. The van der Waals surface area contributed by atoms with Crippen molar-refractivity contribution in [1.82, 2.24) is 0 Å². The number of hydrogen-bond acceptors (Lipinski definition) is 4. The van der Waals surface area contributed by atoms with Crippen LogP contribution >= 0.6 is 15.9 Å². The fourth-order valence-corrected chi connectivity index (χ4v) is 2.51. The molecule has 106 valence electrons. The average molecular weight is 331 g/mol. The van der Waals surface area contributed by atoms with Crippen LogP contribution in [0.3, 0.4) is 0 Å². The molecule has 5 heteroatoms. The van der Waals surface area contributed by atoms with Gasteiger partial charge in [0.25, 0.3) is 0 Å². The minimum absolute atomic E-state index is 0.226. The summed E-state index contributed by atoms with van der Waals surface area (Å²) >= 11 is 3.43. The van der Waals surface area contributed by atoms with Crippen LogP contribution in [0.15, 0.2) is 16.6 Å². The molecule has 1 aliphatic heterocycles. The minimum atomic E-state index is -0.541. The molecule has 0 bridgehead atoms. The van der Waals surface area contributed by atoms with Crippen LogP contribution in [0.25, 0.3) is 0 Å². The Kier molecular flexibility index (Phi) is 4.38. The van der Waals surface area contributed by atoms with Crippen molar-refractivity contribution in [1.29, 1.82) is 0 Å². The fourth-order valence-electron chi connectivity index (χ4n) is 1.93. The minimum Gasteiger partial charge on any atom is -0.454 e. The zero-order valence-electron chi connectivity index (χ0n) is 11.4. The molecule has 0 radical (unpaired) electrons. The molecule has 0 saturated heterocycles. The van der Waals surface area contributed by atoms with Gasteiger partial charge >= 0.3 is 0 Å². The summed E-state index contributed by atoms with van der Waals surface area (Å²) in [6.07, 6.45) is 0.865. The molecule has 0 spiro atoms. The summed E-state index contributed by atoms with van der Waals surface area (Å²) in [5.41, 5.74) is 0.595. The van der Waals surface area contributed by atoms with Crippen molar-refractivity contribution in [3.63, 3.8) is 0 Å². The van der Waals surface area contributed by atoms with Crippen molar-refractivity contribution in [3.8, 4) is 11.5 Å². The number of benzene rings is 1. The van der Waals surface area contributed by atoms with Gasteiger partial charge in [0.1, 0.15) is 0 Å². The molecule has 0 amide bonds. The zero-order chi connectivity index (χ0) is 14.0. The second-order valence-corrected chi connectivity index (χ2v) is 6.11. The molecule has 19 heavy (non-hydrogen) atoms. The number of aliphatic hydroxyl groups excluding tert-OH is 1. The summed E-state index contributed by atoms with van der Waals surface area (Å²) in [6.45, 7) is 4.24. The Hall–Kier alpha value is -0.780. The Bertz CT molecular complexity index is 459. The number of methoxy groups -OCH3 is 1. The quantitative estimate of drug-likeness (QED) is 0.898. The van der Waals surface area contributed by atoms with Crippen molar-refractivity contribution < 1.29 is 19.3 Å². The first kappa shape index (κ1) is 14.6. The Labute approximate surface area is 121 Å². The van der Waals surface area contributed by atoms with Crippen LogP contribution in [-0.2, 0) is 4.74 Å². The molecular weight excluding hydrogens is 312 g/mol. The average Bonchev–Trinajstić information content (AvgIpc) is 2.85. The standard InChI is InChI=1S/C14H19BrO4/c1-14(2,17-3)5-4-11(16)9-6-10(15)13-12(7-9)18-8-19-13/h6-7,11,16H,4-5,8H2,1-3H3. The molecule has 0 aliphatic carbocycles. The van der Waals surface area contributed by atoms with Crippen LogP contribution in [-0.4, -0.2) is 24.6 Å². The van der Waals surface area contributed by atoms with Gasteiger partial charge in [-0.1, -0.05) is 0 Å². The van der Waals surface area contributed by atoms with Gasteiger partial charge in [-0.3, -0.25) is 0 Å². The van der Waals surface area contributed by atoms with E-state index in [0.29, 0.717) is 17.9 Å². The topological polar surface area (TPSA) is 47.9 Å². The Morgan fingerprint density at radius 3 is 2.84 bits per heavy atom. The lowest BCUT2D eigenvalue weighted by Crippen LogP contribution is -2.23. The van der Waals surface area contributed by atoms with Gasteiger partial charge in [-0.2, -0.15) is 0 Å². The first-order valence-electron chi connectivity index (χ1n) is 6.25. The van der Waals surface area contributed by atoms with Crippen molar-refractivity contribution in [2.45, 2.75) is 38.4 Å². The van der Waals surface area contributed by atoms with Gasteiger partial charge in [0.05, 0.1) is 16.2 Å². The van der Waals surface area contributed by atoms with E-state index in [1.807, 2.05) is 26.0 Å². The summed E-state index contributed by atoms with van der Waals surface area (Å²) in [6, 6.07) is 3.70. The summed E-state index contributed by atoms with van der Waals surface area (Å²) in [5.74, 6) is 1.38. The molecule has 0 saturated carbocycles. The number of hydrogen-bond donors (Lipinski definition) is 1. The van der Waals surface area contributed by atoms with E-state index in [9.17, 15) is 5.11 Å². The van der Waals surface area contributed by atoms with Crippen molar-refractivity contribution in [2.24, 2.45) is 0 Å². The predicted octanol–water partition coefficient (Wildman–Crippen LogP) is 3.42. The van der Waals surface area contributed by atoms with E-state index in [4.69, 9.17) is 14.2 Å². The molecular formula is C14H19BrO4. The second kappa shape index (κ2) is 5.69. The number of rotatable bonds is 5. The summed E-state index contributed by atoms with van der Waals surface area (Å²) in [5, 5.41) is 10.3. The van der Waals surface area contributed by atoms with Gasteiger partial charge in [-0.25, -0.2) is 0 Å². The van der Waals surface area contributed by atoms with Gasteiger partial charge in [-0.05, 0) is 60.3 Å². The lowest BCUT2D eigenvalue weighted by molar-refractivity contribution is 0.00277. The van der Waals surface area contributed by atoms with Crippen molar-refractivity contribution in [2.75, 3.05) is 13.9 Å². The van der Waals surface area contributed by atoms with Gasteiger partial charge in [0.15, 0.2) is 11.5 Å². The Balaban J connectivity index is 2.08. The lowest BCUT2D eigenvalue weighted by Gasteiger charge is -2.24. The second-order valence-electron chi connectivity index (χ2n) is 5.25. The number of ether oxygens (including phenoxy) is 3. The Morgan fingerprint density at radius 2 is 2.16 bits per heavy atom. The highest BCUT2D eigenvalue weighted by atomic mass is 79.9. The number of halogens is 1. The normalized spacial score (nSPS) is 15.6. The van der Waals surface area contributed by atoms with Crippen LogP contribution in [0.1, 0.15) is 38.4 Å².